The van der Waals surface area contributed by atoms with Crippen molar-refractivity contribution in [1.29, 1.82) is 0 Å². The summed E-state index contributed by atoms with van der Waals surface area (Å²) in [5.74, 6) is -21.0. The van der Waals surface area contributed by atoms with E-state index in [4.69, 9.17) is 17.2 Å². The zero-order chi connectivity index (χ0) is 93.9. The van der Waals surface area contributed by atoms with Gasteiger partial charge in [0.1, 0.15) is 78.3 Å². The van der Waals surface area contributed by atoms with Crippen LogP contribution in [0.3, 0.4) is 0 Å². The normalized spacial score (nSPS) is 25.5. The topological polar surface area (TPSA) is 643 Å². The molecule has 5 heterocycles. The maximum absolute atomic E-state index is 15.6. The fourth-order valence-corrected chi connectivity index (χ4v) is 16.5. The van der Waals surface area contributed by atoms with E-state index in [9.17, 15) is 83.1 Å². The van der Waals surface area contributed by atoms with Gasteiger partial charge in [0.2, 0.25) is 100 Å². The number of nitrogens with zero attached hydrogens (tertiary/aromatic N) is 5. The lowest BCUT2D eigenvalue weighted by atomic mass is 9.90. The van der Waals surface area contributed by atoms with Crippen LogP contribution in [0.1, 0.15) is 121 Å². The zero-order valence-electron chi connectivity index (χ0n) is 72.2. The van der Waals surface area contributed by atoms with Crippen LogP contribution >= 0.6 is 11.8 Å². The van der Waals surface area contributed by atoms with Crippen LogP contribution in [0.4, 0.5) is 0 Å². The van der Waals surface area contributed by atoms with Gasteiger partial charge in [-0.1, -0.05) is 88.1 Å². The van der Waals surface area contributed by atoms with Gasteiger partial charge in [-0.25, -0.2) is 0 Å². The first-order chi connectivity index (χ1) is 60.9. The quantitative estimate of drug-likeness (QED) is 0.0292. The molecule has 3 aliphatic heterocycles. The number of aromatic nitrogens is 2. The van der Waals surface area contributed by atoms with Crippen LogP contribution in [0, 0.1) is 5.92 Å². The number of aliphatic hydroxyl groups excluding tert-OH is 4. The molecule has 696 valence electrons. The van der Waals surface area contributed by atoms with E-state index in [1.54, 1.807) is 67.8 Å². The Labute approximate surface area is 741 Å². The number of hydrogen-bond donors (Lipinski definition) is 19. The highest BCUT2D eigenvalue weighted by molar-refractivity contribution is 8.00. The van der Waals surface area contributed by atoms with E-state index in [1.165, 1.54) is 52.3 Å². The molecule has 0 aliphatic carbocycles. The number of amides is 17. The number of nitrogens with two attached hydrogens (primary N) is 3. The van der Waals surface area contributed by atoms with E-state index in [2.05, 4.69) is 57.8 Å². The van der Waals surface area contributed by atoms with Crippen molar-refractivity contribution in [2.45, 2.75) is 208 Å². The number of aliphatic hydroxyl groups is 4. The van der Waals surface area contributed by atoms with Gasteiger partial charge < -0.3 is 125 Å². The second-order valence-electron chi connectivity index (χ2n) is 32.3. The Hall–Kier alpha value is -12.6. The Balaban J connectivity index is 1.17. The molecular formula is C85H117N19O23S. The van der Waals surface area contributed by atoms with Crippen molar-refractivity contribution in [1.82, 2.24) is 82.3 Å². The summed E-state index contributed by atoms with van der Waals surface area (Å²) in [7, 11) is 3.77. The molecule has 0 saturated carbocycles. The van der Waals surface area contributed by atoms with Crippen LogP contribution in [0.25, 0.3) is 21.8 Å². The number of nitrogens with one attached hydrogen (secondary N) is 11. The number of aromatic hydroxyl groups is 1. The highest BCUT2D eigenvalue weighted by atomic mass is 32.2. The number of benzene rings is 3. The molecule has 5 aromatic rings. The van der Waals surface area contributed by atoms with Crippen LogP contribution in [0.2, 0.25) is 0 Å². The predicted molar refractivity (Wildman–Crippen MR) is 463 cm³/mol. The van der Waals surface area contributed by atoms with Crippen molar-refractivity contribution in [2.75, 3.05) is 72.1 Å². The number of primary amides is 3. The molecule has 0 radical (unpaired) electrons. The number of phenols is 1. The average Bonchev–Trinajstić information content (AvgIpc) is 1.60. The third-order valence-electron chi connectivity index (χ3n) is 23.0. The van der Waals surface area contributed by atoms with Gasteiger partial charge in [0, 0.05) is 112 Å². The summed E-state index contributed by atoms with van der Waals surface area (Å²) in [5.41, 5.74) is 19.1. The molecule has 0 unspecified atom stereocenters. The Morgan fingerprint density at radius 1 is 0.516 bits per heavy atom. The molecule has 3 saturated heterocycles. The third-order valence-corrected chi connectivity index (χ3v) is 24.0. The first kappa shape index (κ1) is 101. The first-order valence-corrected chi connectivity index (χ1v) is 43.5. The van der Waals surface area contributed by atoms with Crippen LogP contribution < -0.4 is 65.1 Å². The molecule has 2 aromatic heterocycles. The maximum atomic E-state index is 15.6. The number of hydrogen-bond acceptors (Lipinski definition) is 24. The van der Waals surface area contributed by atoms with Gasteiger partial charge in [-0.05, 0) is 86.4 Å². The van der Waals surface area contributed by atoms with Crippen molar-refractivity contribution in [2.24, 2.45) is 23.1 Å². The molecule has 3 aliphatic rings. The van der Waals surface area contributed by atoms with Crippen molar-refractivity contribution in [3.8, 4) is 5.75 Å². The molecule has 3 fully saturated rings. The number of para-hydroxylation sites is 2. The molecule has 3 aromatic carbocycles. The molecule has 8 rings (SSSR count). The van der Waals surface area contributed by atoms with E-state index in [0.717, 1.165) is 24.5 Å². The van der Waals surface area contributed by atoms with Gasteiger partial charge in [0.25, 0.3) is 0 Å². The molecule has 42 nitrogen and oxygen atoms in total. The van der Waals surface area contributed by atoms with Crippen molar-refractivity contribution in [3.05, 3.63) is 102 Å². The minimum atomic E-state index is -1.94. The summed E-state index contributed by atoms with van der Waals surface area (Å²) in [6.45, 7) is -0.0473. The number of phenolic OH excluding ortho intramolecular Hbond substituents is 1. The molecule has 22 N–H and O–H groups in total. The molecule has 43 heteroatoms. The number of rotatable bonds is 23. The molecule has 15 atom stereocenters. The zero-order valence-corrected chi connectivity index (χ0v) is 73.0. The van der Waals surface area contributed by atoms with Gasteiger partial charge in [0.05, 0.1) is 50.7 Å². The molecule has 0 bridgehead atoms. The minimum absolute atomic E-state index is 0.0318. The van der Waals surface area contributed by atoms with Crippen molar-refractivity contribution >= 4 is 140 Å². The Kier molecular flexibility index (Phi) is 37.7. The van der Waals surface area contributed by atoms with Crippen LogP contribution in [0.5, 0.6) is 5.75 Å². The first-order valence-electron chi connectivity index (χ1n) is 42.4. The van der Waals surface area contributed by atoms with Crippen molar-refractivity contribution in [3.63, 3.8) is 0 Å². The summed E-state index contributed by atoms with van der Waals surface area (Å²) in [4.78, 5) is 269. The highest BCUT2D eigenvalue weighted by Crippen LogP contribution is 2.30. The number of unbranched alkanes of at least 4 members (excludes halogenated alkanes) is 2. The van der Waals surface area contributed by atoms with Gasteiger partial charge in [-0.3, -0.25) is 86.3 Å². The summed E-state index contributed by atoms with van der Waals surface area (Å²) >= 11 is 0.711. The second kappa shape index (κ2) is 47.8. The van der Waals surface area contributed by atoms with Gasteiger partial charge in [-0.2, -0.15) is 0 Å². The molecule has 128 heavy (non-hydrogen) atoms. The average molecular weight is 1810 g/mol. The lowest BCUT2D eigenvalue weighted by molar-refractivity contribution is -0.149. The van der Waals surface area contributed by atoms with Gasteiger partial charge in [0.15, 0.2) is 5.78 Å². The molecule has 17 amide bonds. The standard InChI is InChI=1S/C85H117N19O23S/c1-7-9-20-64-79(121)97-62(42-107)78(120)99-63(75(117)91-38-71(88)113)43-128-44-72(114)92-57(30-46-23-25-50(108)26-24-46)81(123)100(4)45(3)73(115)94-59(35-70(87)112)84(126)103-29-15-22-65(103)80(122)98-61(41-106)76(118)93-56(27-28-69(86)111)83(125)104-39-51(109)34-67(104)68(110)33-47(31-48-36-89-54-18-13-11-16-52(48)54)74(116)96-60(40-105)77(119)95-58(32-49-37-90-55-19-14-12-17-53(49)55)82(124)102(6)66(21-10-8-2)85(127)101(64)5/h11-14,16-19,23-26,36-37,45,47,51,56-67,89-90,105-109H,7-10,15,20-22,27-35,38-44H2,1-6H3,(H2,86,111)(H2,87,112)(H2,88,113)(H,91,117)(H,92,114)(H,93,118)(H,94,115)(H,95,119)(H,96,116)(H,97,121)(H,98,122)(H,99,120)/t45-,47+,51+,56-,57-,58-,59-,60-,61-,62-,63-,64-,65-,66-,67-/m0/s1. The predicted octanol–water partition coefficient (Wildman–Crippen LogP) is -4.86. The van der Waals surface area contributed by atoms with Crippen LogP contribution in [-0.4, -0.2) is 323 Å². The lowest BCUT2D eigenvalue weighted by Gasteiger charge is -2.36. The number of fused-ring (bicyclic) bond motifs is 4. The van der Waals surface area contributed by atoms with E-state index < -0.39 is 273 Å². The summed E-state index contributed by atoms with van der Waals surface area (Å²) < 4.78 is 0. The number of likely N-dealkylation sites (N-methyl/N-ethyl adjacent to an activating group) is 3. The number of H-pyrrole nitrogens is 2. The number of carbonyl (C=O) groups is 18. The molecule has 0 spiro atoms. The fraction of sp³-hybridized carbons (Fsp3) is 0.529. The van der Waals surface area contributed by atoms with Gasteiger partial charge in [-0.15, -0.1) is 11.8 Å². The van der Waals surface area contributed by atoms with Crippen LogP contribution in [0.15, 0.2) is 85.2 Å². The fourth-order valence-electron chi connectivity index (χ4n) is 15.7. The number of Topliss-reactive ketones (excluding diaryl/α,β-unsaturated/α-hetero) is 1. The lowest BCUT2D eigenvalue weighted by Crippen LogP contribution is -2.61. The number of thioether (sulfide) groups is 1. The van der Waals surface area contributed by atoms with Crippen molar-refractivity contribution < 1.29 is 112 Å². The number of ketones is 1. The smallest absolute Gasteiger partial charge is 0.246 e. The molecular weight excluding hydrogens is 1690 g/mol. The van der Waals surface area contributed by atoms with E-state index >= 15 is 28.8 Å². The Bertz CT molecular complexity index is 4850. The van der Waals surface area contributed by atoms with E-state index in [-0.39, 0.29) is 57.2 Å². The largest absolute Gasteiger partial charge is 0.508 e. The van der Waals surface area contributed by atoms with Crippen LogP contribution in [-0.2, 0) is 106 Å². The summed E-state index contributed by atoms with van der Waals surface area (Å²) in [6, 6.07) is -2.20. The number of carbonyl (C=O) groups excluding carboxylic acids is 18. The summed E-state index contributed by atoms with van der Waals surface area (Å²) in [5, 5.41) is 77.7. The summed E-state index contributed by atoms with van der Waals surface area (Å²) in [6.07, 6.45) is -0.809. The SMILES string of the molecule is CCCC[C@H]1C(=O)N(C)[C@@H](CCCC)C(=O)N[C@@H](CO)C(=O)N[C@H](C(=O)NCC(N)=O)CSCC(=O)N[C@@H](Cc2ccc(O)cc2)C(=O)N(C)[C@@H](C)C(=O)N[C@@H](CC(N)=O)C(=O)N2CCC[C@H]2C(=O)N[C@@H](CO)C(=O)N[C@@H](CCC(N)=O)C(=O)N2C[C@H](O)C[C@H]2C(=O)C[C@@H](Cc2c[nH]c3ccccc23)C(=O)N[C@@H](CO)C(=O)N[C@@H](Cc2c[nH]c3ccccc23)C(=O)N1C. The van der Waals surface area contributed by atoms with E-state index in [1.807, 2.05) is 6.92 Å². The maximum Gasteiger partial charge on any atom is 0.246 e. The van der Waals surface area contributed by atoms with E-state index in [0.29, 0.717) is 75.9 Å². The highest BCUT2D eigenvalue weighted by Gasteiger charge is 2.47. The second-order valence-corrected chi connectivity index (χ2v) is 33.3. The Morgan fingerprint density at radius 2 is 1.03 bits per heavy atom. The monoisotopic (exact) mass is 1800 g/mol. The minimum Gasteiger partial charge on any atom is -0.508 e. The number of aromatic amines is 2. The van der Waals surface area contributed by atoms with Gasteiger partial charge >= 0.3 is 0 Å². The Morgan fingerprint density at radius 3 is 1.61 bits per heavy atom. The third kappa shape index (κ3) is 27.2.